The van der Waals surface area contributed by atoms with E-state index < -0.39 is 0 Å². The summed E-state index contributed by atoms with van der Waals surface area (Å²) in [6.45, 7) is 1.93. The topological polar surface area (TPSA) is 68.0 Å². The normalized spacial score (nSPS) is 12.0. The van der Waals surface area contributed by atoms with Crippen molar-refractivity contribution in [1.29, 1.82) is 0 Å². The Hall–Kier alpha value is -3.12. The van der Waals surface area contributed by atoms with Crippen molar-refractivity contribution >= 4 is 28.8 Å². The Balaban J connectivity index is 1.47. The van der Waals surface area contributed by atoms with Gasteiger partial charge in [-0.2, -0.15) is 0 Å². The quantitative estimate of drug-likeness (QED) is 0.470. The largest absolute Gasteiger partial charge is 0.431 e. The number of fused-ring (bicyclic) bond motifs is 1. The molecule has 0 aliphatic heterocycles. The van der Waals surface area contributed by atoms with Crippen LogP contribution >= 0.6 is 11.8 Å². The smallest absolute Gasteiger partial charge is 0.257 e. The summed E-state index contributed by atoms with van der Waals surface area (Å²) in [5.41, 5.74) is 4.00. The molecule has 0 fully saturated rings. The van der Waals surface area contributed by atoms with E-state index in [1.165, 1.54) is 11.8 Å². The van der Waals surface area contributed by atoms with Gasteiger partial charge in [0.15, 0.2) is 5.58 Å². The average molecular weight is 389 g/mol. The van der Waals surface area contributed by atoms with Crippen LogP contribution in [0.3, 0.4) is 0 Å². The van der Waals surface area contributed by atoms with Gasteiger partial charge in [0.25, 0.3) is 11.1 Å². The Bertz CT molecular complexity index is 1060. The van der Waals surface area contributed by atoms with E-state index in [4.69, 9.17) is 4.42 Å². The van der Waals surface area contributed by atoms with Gasteiger partial charge in [-0.05, 0) is 42.8 Å². The number of thioether (sulfide) groups is 1. The number of oxazole rings is 1. The number of carbonyl (C=O) groups excluding carboxylic acids is 1. The minimum atomic E-state index is -0.175. The summed E-state index contributed by atoms with van der Waals surface area (Å²) < 4.78 is 5.76. The van der Waals surface area contributed by atoms with E-state index in [1.807, 2.05) is 73.7 Å². The Morgan fingerprint density at radius 1 is 1.07 bits per heavy atom. The zero-order valence-corrected chi connectivity index (χ0v) is 16.1. The number of benzene rings is 2. The molecule has 1 atom stereocenters. The second kappa shape index (κ2) is 8.27. The van der Waals surface area contributed by atoms with E-state index in [0.717, 1.165) is 22.4 Å². The number of hydrogen-bond donors (Lipinski definition) is 1. The predicted octanol–water partition coefficient (Wildman–Crippen LogP) is 5.01. The third-order valence-corrected chi connectivity index (χ3v) is 5.24. The molecule has 1 N–H and O–H groups in total. The molecule has 2 aromatic carbocycles. The third-order valence-electron chi connectivity index (χ3n) is 4.37. The molecule has 0 aliphatic rings. The highest BCUT2D eigenvalue weighted by molar-refractivity contribution is 7.98. The van der Waals surface area contributed by atoms with Crippen LogP contribution in [0.25, 0.3) is 11.1 Å². The van der Waals surface area contributed by atoms with Crippen LogP contribution in [-0.2, 0) is 5.75 Å². The lowest BCUT2D eigenvalue weighted by Crippen LogP contribution is -2.28. The van der Waals surface area contributed by atoms with Gasteiger partial charge in [-0.25, -0.2) is 4.98 Å². The van der Waals surface area contributed by atoms with Crippen molar-refractivity contribution in [3.8, 4) is 0 Å². The molecule has 2 heterocycles. The molecule has 0 spiro atoms. The molecule has 0 saturated heterocycles. The summed E-state index contributed by atoms with van der Waals surface area (Å²) in [5, 5.41) is 3.62. The van der Waals surface area contributed by atoms with Crippen molar-refractivity contribution in [2.45, 2.75) is 23.9 Å². The summed E-state index contributed by atoms with van der Waals surface area (Å²) in [5.74, 6) is 0.473. The maximum Gasteiger partial charge on any atom is 0.257 e. The Morgan fingerprint density at radius 3 is 2.68 bits per heavy atom. The highest BCUT2D eigenvalue weighted by Gasteiger charge is 2.16. The number of aromatic nitrogens is 2. The Kier molecular flexibility index (Phi) is 5.39. The van der Waals surface area contributed by atoms with Crippen molar-refractivity contribution in [3.05, 3.63) is 89.7 Å². The van der Waals surface area contributed by atoms with E-state index in [-0.39, 0.29) is 11.9 Å². The predicted molar refractivity (Wildman–Crippen MR) is 110 cm³/mol. The molecule has 1 amide bonds. The minimum Gasteiger partial charge on any atom is -0.431 e. The lowest BCUT2D eigenvalue weighted by Gasteiger charge is -2.15. The summed E-state index contributed by atoms with van der Waals surface area (Å²) >= 11 is 1.48. The van der Waals surface area contributed by atoms with Crippen molar-refractivity contribution in [3.63, 3.8) is 0 Å². The first kappa shape index (κ1) is 18.3. The first-order valence-electron chi connectivity index (χ1n) is 8.99. The molecular formula is C22H19N3O2S. The summed E-state index contributed by atoms with van der Waals surface area (Å²) in [6, 6.07) is 20.8. The van der Waals surface area contributed by atoms with Gasteiger partial charge in [0, 0.05) is 17.5 Å². The van der Waals surface area contributed by atoms with Gasteiger partial charge in [0.05, 0.1) is 11.7 Å². The number of pyridine rings is 1. The van der Waals surface area contributed by atoms with Crippen molar-refractivity contribution in [1.82, 2.24) is 15.3 Å². The molecule has 5 nitrogen and oxygen atoms in total. The van der Waals surface area contributed by atoms with E-state index in [9.17, 15) is 4.79 Å². The molecule has 0 radical (unpaired) electrons. The Morgan fingerprint density at radius 2 is 1.86 bits per heavy atom. The van der Waals surface area contributed by atoms with Crippen LogP contribution < -0.4 is 5.32 Å². The van der Waals surface area contributed by atoms with E-state index in [1.54, 1.807) is 6.20 Å². The zero-order valence-electron chi connectivity index (χ0n) is 15.3. The molecule has 4 rings (SSSR count). The summed E-state index contributed by atoms with van der Waals surface area (Å²) in [4.78, 5) is 21.6. The average Bonchev–Trinajstić information content (AvgIpc) is 3.16. The standard InChI is InChI=1S/C22H19N3O2S/c1-15(18-10-6-7-13-23-18)24-21(26)17-9-3-2-8-16(17)14-28-22-25-19-11-4-5-12-20(19)27-22/h2-13,15H,14H2,1H3,(H,24,26)/t15-/m1/s1. The molecule has 4 aromatic rings. The first-order chi connectivity index (χ1) is 13.7. The number of amides is 1. The van der Waals surface area contributed by atoms with Crippen LogP contribution in [0.1, 0.15) is 34.6 Å². The number of para-hydroxylation sites is 2. The van der Waals surface area contributed by atoms with Crippen molar-refractivity contribution in [2.24, 2.45) is 0 Å². The van der Waals surface area contributed by atoms with Gasteiger partial charge in [0.1, 0.15) is 5.52 Å². The van der Waals surface area contributed by atoms with Crippen LogP contribution in [0.2, 0.25) is 0 Å². The van der Waals surface area contributed by atoms with E-state index in [2.05, 4.69) is 15.3 Å². The fourth-order valence-electron chi connectivity index (χ4n) is 2.90. The van der Waals surface area contributed by atoms with Gasteiger partial charge in [-0.3, -0.25) is 9.78 Å². The van der Waals surface area contributed by atoms with Crippen LogP contribution in [-0.4, -0.2) is 15.9 Å². The number of hydrogen-bond acceptors (Lipinski definition) is 5. The monoisotopic (exact) mass is 389 g/mol. The van der Waals surface area contributed by atoms with Gasteiger partial charge in [-0.1, -0.05) is 48.2 Å². The maximum atomic E-state index is 12.8. The molecule has 6 heteroatoms. The van der Waals surface area contributed by atoms with Gasteiger partial charge in [-0.15, -0.1) is 0 Å². The second-order valence-electron chi connectivity index (χ2n) is 6.34. The zero-order chi connectivity index (χ0) is 19.3. The van der Waals surface area contributed by atoms with Gasteiger partial charge < -0.3 is 9.73 Å². The SMILES string of the molecule is C[C@@H](NC(=O)c1ccccc1CSc1nc2ccccc2o1)c1ccccn1. The highest BCUT2D eigenvalue weighted by atomic mass is 32.2. The van der Waals surface area contributed by atoms with E-state index >= 15 is 0 Å². The van der Waals surface area contributed by atoms with Crippen molar-refractivity contribution in [2.75, 3.05) is 0 Å². The van der Waals surface area contributed by atoms with Gasteiger partial charge in [0.2, 0.25) is 0 Å². The lowest BCUT2D eigenvalue weighted by atomic mass is 10.1. The van der Waals surface area contributed by atoms with Crippen LogP contribution in [0.4, 0.5) is 0 Å². The first-order valence-corrected chi connectivity index (χ1v) is 9.97. The highest BCUT2D eigenvalue weighted by Crippen LogP contribution is 2.27. The third kappa shape index (κ3) is 4.07. The summed E-state index contributed by atoms with van der Waals surface area (Å²) in [7, 11) is 0. The molecule has 0 aliphatic carbocycles. The Labute approximate surface area is 167 Å². The fraction of sp³-hybridized carbons (Fsp3) is 0.136. The molecular weight excluding hydrogens is 370 g/mol. The number of rotatable bonds is 6. The number of nitrogens with zero attached hydrogens (tertiary/aromatic N) is 2. The van der Waals surface area contributed by atoms with Crippen LogP contribution in [0.15, 0.2) is 82.6 Å². The van der Waals surface area contributed by atoms with Crippen molar-refractivity contribution < 1.29 is 9.21 Å². The molecule has 140 valence electrons. The fourth-order valence-corrected chi connectivity index (χ4v) is 3.74. The molecule has 0 saturated carbocycles. The minimum absolute atomic E-state index is 0.119. The summed E-state index contributed by atoms with van der Waals surface area (Å²) in [6.07, 6.45) is 1.73. The van der Waals surface area contributed by atoms with Crippen LogP contribution in [0.5, 0.6) is 0 Å². The number of carbonyl (C=O) groups is 1. The van der Waals surface area contributed by atoms with Gasteiger partial charge >= 0.3 is 0 Å². The second-order valence-corrected chi connectivity index (χ2v) is 7.27. The molecule has 0 unspecified atom stereocenters. The molecule has 28 heavy (non-hydrogen) atoms. The lowest BCUT2D eigenvalue weighted by molar-refractivity contribution is 0.0938. The maximum absolute atomic E-state index is 12.8. The molecule has 2 aromatic heterocycles. The number of nitrogens with one attached hydrogen (secondary N) is 1. The molecule has 0 bridgehead atoms. The van der Waals surface area contributed by atoms with E-state index in [0.29, 0.717) is 16.5 Å². The van der Waals surface area contributed by atoms with Crippen LogP contribution in [0, 0.1) is 0 Å².